The quantitative estimate of drug-likeness (QED) is 0.666. The first-order chi connectivity index (χ1) is 12.7. The molecule has 5 nitrogen and oxygen atoms in total. The number of nitriles is 1. The predicted octanol–water partition coefficient (Wildman–Crippen LogP) is 3.36. The molecule has 1 unspecified atom stereocenters. The Labute approximate surface area is 153 Å². The molecule has 5 heteroatoms. The zero-order valence-electron chi connectivity index (χ0n) is 14.6. The number of nitrogens with zero attached hydrogens (tertiary/aromatic N) is 4. The highest BCUT2D eigenvalue weighted by molar-refractivity contribution is 5.62. The van der Waals surface area contributed by atoms with E-state index >= 15 is 0 Å². The summed E-state index contributed by atoms with van der Waals surface area (Å²) in [4.78, 5) is 1.71. The Kier molecular flexibility index (Phi) is 4.42. The maximum absolute atomic E-state index is 8.93. The molecule has 2 aromatic carbocycles. The van der Waals surface area contributed by atoms with E-state index in [1.54, 1.807) is 9.58 Å². The lowest BCUT2D eigenvalue weighted by molar-refractivity contribution is -0.0615. The average molecular weight is 344 g/mol. The number of rotatable bonds is 5. The van der Waals surface area contributed by atoms with Gasteiger partial charge >= 0.3 is 0 Å². The molecule has 1 fully saturated rings. The van der Waals surface area contributed by atoms with Crippen LogP contribution < -0.4 is 0 Å². The second-order valence-corrected chi connectivity index (χ2v) is 6.58. The van der Waals surface area contributed by atoms with Gasteiger partial charge in [0.25, 0.3) is 0 Å². The number of aromatic nitrogens is 2. The number of likely N-dealkylation sites (tertiary alicyclic amines) is 1. The summed E-state index contributed by atoms with van der Waals surface area (Å²) >= 11 is 0. The molecule has 26 heavy (non-hydrogen) atoms. The molecule has 0 spiro atoms. The molecule has 3 aromatic rings. The number of hydrogen-bond donors (Lipinski definition) is 0. The van der Waals surface area contributed by atoms with Crippen molar-refractivity contribution in [1.82, 2.24) is 14.7 Å². The molecule has 0 radical (unpaired) electrons. The molecule has 1 atom stereocenters. The van der Waals surface area contributed by atoms with E-state index in [4.69, 9.17) is 10.00 Å². The Balaban J connectivity index is 1.58. The fourth-order valence-corrected chi connectivity index (χ4v) is 3.20. The van der Waals surface area contributed by atoms with Crippen LogP contribution in [0.4, 0.5) is 0 Å². The molecule has 2 heterocycles. The standard InChI is InChI=1S/C21H20N4O/c1-24-12-19(11-23-24)16-7-9-18(10-8-16)21(17-5-3-2-4-6-17)26-20-13-25(14-20)15-22/h2-12,20-21H,13-14H2,1H3. The summed E-state index contributed by atoms with van der Waals surface area (Å²) in [6.45, 7) is 1.32. The Hall–Kier alpha value is -3.10. The second kappa shape index (κ2) is 7.03. The average Bonchev–Trinajstić information content (AvgIpc) is 3.08. The van der Waals surface area contributed by atoms with Crippen molar-refractivity contribution in [3.63, 3.8) is 0 Å². The topological polar surface area (TPSA) is 54.1 Å². The fourth-order valence-electron chi connectivity index (χ4n) is 3.20. The lowest BCUT2D eigenvalue weighted by Gasteiger charge is -2.37. The van der Waals surface area contributed by atoms with Gasteiger partial charge in [-0.1, -0.05) is 54.6 Å². The summed E-state index contributed by atoms with van der Waals surface area (Å²) in [6, 6.07) is 18.7. The number of aryl methyl sites for hydroxylation is 1. The highest BCUT2D eigenvalue weighted by Gasteiger charge is 2.30. The van der Waals surface area contributed by atoms with E-state index in [9.17, 15) is 0 Å². The zero-order chi connectivity index (χ0) is 17.9. The van der Waals surface area contributed by atoms with Gasteiger partial charge in [-0.15, -0.1) is 0 Å². The summed E-state index contributed by atoms with van der Waals surface area (Å²) < 4.78 is 8.13. The molecule has 1 saturated heterocycles. The van der Waals surface area contributed by atoms with Crippen LogP contribution in [0.15, 0.2) is 67.0 Å². The third kappa shape index (κ3) is 3.32. The molecule has 1 aromatic heterocycles. The van der Waals surface area contributed by atoms with Gasteiger partial charge in [0, 0.05) is 18.8 Å². The van der Waals surface area contributed by atoms with Crippen LogP contribution in [0.1, 0.15) is 17.2 Å². The van der Waals surface area contributed by atoms with Crippen molar-refractivity contribution in [3.8, 4) is 17.3 Å². The van der Waals surface area contributed by atoms with Crippen molar-refractivity contribution >= 4 is 0 Å². The molecule has 0 N–H and O–H groups in total. The van der Waals surface area contributed by atoms with Crippen molar-refractivity contribution < 1.29 is 4.74 Å². The Morgan fingerprint density at radius 3 is 2.35 bits per heavy atom. The smallest absolute Gasteiger partial charge is 0.179 e. The van der Waals surface area contributed by atoms with Crippen LogP contribution in [0.2, 0.25) is 0 Å². The van der Waals surface area contributed by atoms with Crippen LogP contribution in [0.3, 0.4) is 0 Å². The van der Waals surface area contributed by atoms with Crippen LogP contribution in [0.5, 0.6) is 0 Å². The molecule has 0 amide bonds. The first-order valence-corrected chi connectivity index (χ1v) is 8.67. The number of benzene rings is 2. The van der Waals surface area contributed by atoms with Crippen LogP contribution in [0.25, 0.3) is 11.1 Å². The van der Waals surface area contributed by atoms with Crippen molar-refractivity contribution in [2.75, 3.05) is 13.1 Å². The Morgan fingerprint density at radius 2 is 1.73 bits per heavy atom. The van der Waals surface area contributed by atoms with Crippen LogP contribution in [-0.4, -0.2) is 33.9 Å². The molecule has 0 bridgehead atoms. The minimum atomic E-state index is -0.134. The normalized spacial score (nSPS) is 15.3. The maximum atomic E-state index is 8.93. The van der Waals surface area contributed by atoms with Gasteiger partial charge in [0.2, 0.25) is 0 Å². The molecule has 4 rings (SSSR count). The number of hydrogen-bond acceptors (Lipinski definition) is 4. The number of ether oxygens (including phenoxy) is 1. The van der Waals surface area contributed by atoms with Gasteiger partial charge in [0.05, 0.1) is 25.4 Å². The highest BCUT2D eigenvalue weighted by atomic mass is 16.5. The molecular formula is C21H20N4O. The fraction of sp³-hybridized carbons (Fsp3) is 0.238. The second-order valence-electron chi connectivity index (χ2n) is 6.58. The summed E-state index contributed by atoms with van der Waals surface area (Å²) in [6.07, 6.45) is 5.98. The van der Waals surface area contributed by atoms with Crippen molar-refractivity contribution in [3.05, 3.63) is 78.1 Å². The van der Waals surface area contributed by atoms with E-state index in [1.807, 2.05) is 37.6 Å². The SMILES string of the molecule is Cn1cc(-c2ccc(C(OC3CN(C#N)C3)c3ccccc3)cc2)cn1. The summed E-state index contributed by atoms with van der Waals surface area (Å²) in [5.74, 6) is 0. The van der Waals surface area contributed by atoms with E-state index in [1.165, 1.54) is 0 Å². The maximum Gasteiger partial charge on any atom is 0.179 e. The summed E-state index contributed by atoms with van der Waals surface area (Å²) in [5, 5.41) is 13.2. The summed E-state index contributed by atoms with van der Waals surface area (Å²) in [5.41, 5.74) is 4.46. The minimum Gasteiger partial charge on any atom is -0.362 e. The predicted molar refractivity (Wildman–Crippen MR) is 99.0 cm³/mol. The van der Waals surface area contributed by atoms with E-state index in [2.05, 4.69) is 47.7 Å². The lowest BCUT2D eigenvalue weighted by atomic mass is 9.98. The third-order valence-corrected chi connectivity index (χ3v) is 4.67. The Morgan fingerprint density at radius 1 is 1.04 bits per heavy atom. The molecule has 1 aliphatic rings. The van der Waals surface area contributed by atoms with Crippen molar-refractivity contribution in [1.29, 1.82) is 5.26 Å². The van der Waals surface area contributed by atoms with Gasteiger partial charge in [0.1, 0.15) is 6.10 Å². The molecule has 0 saturated carbocycles. The van der Waals surface area contributed by atoms with Crippen molar-refractivity contribution in [2.24, 2.45) is 7.05 Å². The molecule has 0 aliphatic carbocycles. The van der Waals surface area contributed by atoms with Crippen LogP contribution >= 0.6 is 0 Å². The van der Waals surface area contributed by atoms with Gasteiger partial charge in [-0.25, -0.2) is 0 Å². The van der Waals surface area contributed by atoms with Gasteiger partial charge in [-0.05, 0) is 16.7 Å². The summed E-state index contributed by atoms with van der Waals surface area (Å²) in [7, 11) is 1.92. The van der Waals surface area contributed by atoms with E-state index in [0.717, 1.165) is 22.3 Å². The Bertz CT molecular complexity index is 905. The first kappa shape index (κ1) is 16.4. The molecule has 130 valence electrons. The van der Waals surface area contributed by atoms with Gasteiger partial charge in [-0.3, -0.25) is 4.68 Å². The van der Waals surface area contributed by atoms with Crippen molar-refractivity contribution in [2.45, 2.75) is 12.2 Å². The van der Waals surface area contributed by atoms with Gasteiger partial charge < -0.3 is 9.64 Å². The lowest BCUT2D eigenvalue weighted by Crippen LogP contribution is -2.49. The third-order valence-electron chi connectivity index (χ3n) is 4.67. The van der Waals surface area contributed by atoms with Gasteiger partial charge in [0.15, 0.2) is 6.19 Å². The zero-order valence-corrected chi connectivity index (χ0v) is 14.6. The monoisotopic (exact) mass is 344 g/mol. The highest BCUT2D eigenvalue weighted by Crippen LogP contribution is 2.31. The van der Waals surface area contributed by atoms with Crippen LogP contribution in [-0.2, 0) is 11.8 Å². The largest absolute Gasteiger partial charge is 0.362 e. The molecule has 1 aliphatic heterocycles. The van der Waals surface area contributed by atoms with Gasteiger partial charge in [-0.2, -0.15) is 10.4 Å². The first-order valence-electron chi connectivity index (χ1n) is 8.67. The molecular weight excluding hydrogens is 324 g/mol. The minimum absolute atomic E-state index is 0.0813. The van der Waals surface area contributed by atoms with E-state index in [-0.39, 0.29) is 12.2 Å². The van der Waals surface area contributed by atoms with Crippen LogP contribution in [0, 0.1) is 11.5 Å². The van der Waals surface area contributed by atoms with E-state index in [0.29, 0.717) is 13.1 Å². The van der Waals surface area contributed by atoms with E-state index < -0.39 is 0 Å².